The molecule has 3 nitrogen and oxygen atoms in total. The van der Waals surface area contributed by atoms with E-state index in [9.17, 15) is 13.6 Å². The highest BCUT2D eigenvalue weighted by molar-refractivity contribution is 5.94. The number of piperidine rings is 1. The maximum Gasteiger partial charge on any atom is 0.253 e. The summed E-state index contributed by atoms with van der Waals surface area (Å²) in [6, 6.07) is 12.9. The van der Waals surface area contributed by atoms with Gasteiger partial charge >= 0.3 is 0 Å². The van der Waals surface area contributed by atoms with Gasteiger partial charge in [-0.3, -0.25) is 4.79 Å². The van der Waals surface area contributed by atoms with E-state index in [0.717, 1.165) is 18.5 Å². The molecule has 0 saturated carbocycles. The second kappa shape index (κ2) is 6.63. The van der Waals surface area contributed by atoms with Gasteiger partial charge in [-0.2, -0.15) is 0 Å². The minimum absolute atomic E-state index is 0.0644. The maximum absolute atomic E-state index is 13.5. The summed E-state index contributed by atoms with van der Waals surface area (Å²) < 4.78 is 26.8. The van der Waals surface area contributed by atoms with E-state index in [1.807, 2.05) is 17.0 Å². The molecule has 0 spiro atoms. The van der Waals surface area contributed by atoms with Gasteiger partial charge in [0.05, 0.1) is 0 Å². The first-order valence-corrected chi connectivity index (χ1v) is 9.45. The molecule has 2 heterocycles. The Balaban J connectivity index is 1.54. The molecule has 0 aromatic heterocycles. The van der Waals surface area contributed by atoms with Crippen LogP contribution in [-0.4, -0.2) is 35.5 Å². The first kappa shape index (κ1) is 18.0. The molecular formula is C22H24F2N2O. The molecule has 1 amide bonds. The molecule has 0 bridgehead atoms. The standard InChI is InChI=1S/C22H24F2N2O/c1-22(2)13-16-14-25(21(27)15-4-3-5-18(24)12-15)11-10-20(16)26(22)19-8-6-17(23)7-9-19/h3-9,12,16,20H,10-11,13-14H2,1-2H3/t16-,20+/m1/s1. The van der Waals surface area contributed by atoms with E-state index >= 15 is 0 Å². The van der Waals surface area contributed by atoms with Crippen LogP contribution < -0.4 is 4.90 Å². The first-order valence-electron chi connectivity index (χ1n) is 9.45. The van der Waals surface area contributed by atoms with Crippen LogP contribution in [0, 0.1) is 17.6 Å². The molecule has 142 valence electrons. The van der Waals surface area contributed by atoms with Crippen LogP contribution in [0.3, 0.4) is 0 Å². The summed E-state index contributed by atoms with van der Waals surface area (Å²) in [6.45, 7) is 5.71. The van der Waals surface area contributed by atoms with Gasteiger partial charge in [0.1, 0.15) is 11.6 Å². The average Bonchev–Trinajstić information content (AvgIpc) is 2.91. The number of halogens is 2. The van der Waals surface area contributed by atoms with Crippen molar-refractivity contribution < 1.29 is 13.6 Å². The Hall–Kier alpha value is -2.43. The lowest BCUT2D eigenvalue weighted by Gasteiger charge is -2.42. The molecule has 0 unspecified atom stereocenters. The van der Waals surface area contributed by atoms with Crippen molar-refractivity contribution in [2.75, 3.05) is 18.0 Å². The number of benzene rings is 2. The number of anilines is 1. The summed E-state index contributed by atoms with van der Waals surface area (Å²) in [4.78, 5) is 17.0. The van der Waals surface area contributed by atoms with Crippen LogP contribution in [0.5, 0.6) is 0 Å². The molecular weight excluding hydrogens is 346 g/mol. The molecule has 2 fully saturated rings. The van der Waals surface area contributed by atoms with Gasteiger partial charge in [-0.05, 0) is 75.1 Å². The maximum atomic E-state index is 13.5. The van der Waals surface area contributed by atoms with Crippen LogP contribution in [-0.2, 0) is 0 Å². The molecule has 4 rings (SSSR count). The highest BCUT2D eigenvalue weighted by Gasteiger charge is 2.48. The summed E-state index contributed by atoms with van der Waals surface area (Å²) in [7, 11) is 0. The van der Waals surface area contributed by atoms with Gasteiger partial charge in [0.15, 0.2) is 0 Å². The number of carbonyl (C=O) groups is 1. The Labute approximate surface area is 158 Å². The van der Waals surface area contributed by atoms with Crippen LogP contribution in [0.25, 0.3) is 0 Å². The van der Waals surface area contributed by atoms with Crippen molar-refractivity contribution >= 4 is 11.6 Å². The molecule has 2 aromatic carbocycles. The number of amides is 1. The number of likely N-dealkylation sites (tertiary alicyclic amines) is 1. The van der Waals surface area contributed by atoms with Crippen LogP contribution in [0.4, 0.5) is 14.5 Å². The fourth-order valence-corrected chi connectivity index (χ4v) is 4.88. The number of hydrogen-bond acceptors (Lipinski definition) is 2. The molecule has 2 atom stereocenters. The Bertz CT molecular complexity index is 850. The van der Waals surface area contributed by atoms with Gasteiger partial charge in [0.2, 0.25) is 0 Å². The topological polar surface area (TPSA) is 23.6 Å². The highest BCUT2D eigenvalue weighted by atomic mass is 19.1. The zero-order chi connectivity index (χ0) is 19.2. The molecule has 0 radical (unpaired) electrons. The van der Waals surface area contributed by atoms with E-state index < -0.39 is 0 Å². The number of fused-ring (bicyclic) bond motifs is 1. The van der Waals surface area contributed by atoms with Crippen molar-refractivity contribution in [1.29, 1.82) is 0 Å². The minimum Gasteiger partial charge on any atom is -0.363 e. The van der Waals surface area contributed by atoms with E-state index in [1.165, 1.54) is 24.3 Å². The number of hydrogen-bond donors (Lipinski definition) is 0. The zero-order valence-electron chi connectivity index (χ0n) is 15.7. The normalized spacial score (nSPS) is 24.0. The van der Waals surface area contributed by atoms with Gasteiger partial charge in [-0.25, -0.2) is 8.78 Å². The van der Waals surface area contributed by atoms with Crippen molar-refractivity contribution in [2.45, 2.75) is 38.3 Å². The van der Waals surface area contributed by atoms with E-state index in [1.54, 1.807) is 12.1 Å². The summed E-state index contributed by atoms with van der Waals surface area (Å²) in [5, 5.41) is 0. The summed E-state index contributed by atoms with van der Waals surface area (Å²) in [6.07, 6.45) is 1.81. The largest absolute Gasteiger partial charge is 0.363 e. The lowest BCUT2D eigenvalue weighted by Crippen LogP contribution is -2.50. The van der Waals surface area contributed by atoms with Crippen molar-refractivity contribution in [2.24, 2.45) is 5.92 Å². The fourth-order valence-electron chi connectivity index (χ4n) is 4.88. The summed E-state index contributed by atoms with van der Waals surface area (Å²) in [5.41, 5.74) is 1.37. The van der Waals surface area contributed by atoms with Gasteiger partial charge < -0.3 is 9.80 Å². The third-order valence-electron chi connectivity index (χ3n) is 5.90. The Kier molecular flexibility index (Phi) is 4.41. The molecule has 27 heavy (non-hydrogen) atoms. The Morgan fingerprint density at radius 1 is 1.07 bits per heavy atom. The second-order valence-corrected chi connectivity index (χ2v) is 8.24. The number of nitrogens with zero attached hydrogens (tertiary/aromatic N) is 2. The molecule has 2 aromatic rings. The van der Waals surface area contributed by atoms with E-state index in [2.05, 4.69) is 18.7 Å². The van der Waals surface area contributed by atoms with E-state index in [0.29, 0.717) is 30.6 Å². The van der Waals surface area contributed by atoms with Gasteiger partial charge in [-0.1, -0.05) is 6.07 Å². The number of rotatable bonds is 2. The quantitative estimate of drug-likeness (QED) is 0.778. The monoisotopic (exact) mass is 370 g/mol. The zero-order valence-corrected chi connectivity index (χ0v) is 15.7. The second-order valence-electron chi connectivity index (χ2n) is 8.24. The Morgan fingerprint density at radius 2 is 1.81 bits per heavy atom. The summed E-state index contributed by atoms with van der Waals surface area (Å²) in [5.74, 6) is -0.384. The van der Waals surface area contributed by atoms with Gasteiger partial charge in [-0.15, -0.1) is 0 Å². The lowest BCUT2D eigenvalue weighted by atomic mass is 9.89. The van der Waals surface area contributed by atoms with E-state index in [-0.39, 0.29) is 23.1 Å². The first-order chi connectivity index (χ1) is 12.8. The molecule has 2 aliphatic rings. The molecule has 2 aliphatic heterocycles. The number of carbonyl (C=O) groups excluding carboxylic acids is 1. The lowest BCUT2D eigenvalue weighted by molar-refractivity contribution is 0.0667. The minimum atomic E-state index is -0.389. The van der Waals surface area contributed by atoms with Crippen molar-refractivity contribution in [3.8, 4) is 0 Å². The predicted octanol–water partition coefficient (Wildman–Crippen LogP) is 4.48. The smallest absolute Gasteiger partial charge is 0.253 e. The molecule has 0 aliphatic carbocycles. The van der Waals surface area contributed by atoms with Gasteiger partial charge in [0.25, 0.3) is 5.91 Å². The molecule has 5 heteroatoms. The van der Waals surface area contributed by atoms with Crippen LogP contribution in [0.15, 0.2) is 48.5 Å². The van der Waals surface area contributed by atoms with Crippen LogP contribution in [0.1, 0.15) is 37.0 Å². The fraction of sp³-hybridized carbons (Fsp3) is 0.409. The van der Waals surface area contributed by atoms with Gasteiger partial charge in [0, 0.05) is 35.9 Å². The van der Waals surface area contributed by atoms with Crippen LogP contribution in [0.2, 0.25) is 0 Å². The molecule has 2 saturated heterocycles. The Morgan fingerprint density at radius 3 is 2.52 bits per heavy atom. The average molecular weight is 370 g/mol. The van der Waals surface area contributed by atoms with Crippen molar-refractivity contribution in [3.63, 3.8) is 0 Å². The summed E-state index contributed by atoms with van der Waals surface area (Å²) >= 11 is 0. The third-order valence-corrected chi connectivity index (χ3v) is 5.90. The van der Waals surface area contributed by atoms with Crippen molar-refractivity contribution in [1.82, 2.24) is 4.90 Å². The SMILES string of the molecule is CC1(C)C[C@@H]2CN(C(=O)c3cccc(F)c3)CC[C@@H]2N1c1ccc(F)cc1. The predicted molar refractivity (Wildman–Crippen MR) is 102 cm³/mol. The highest BCUT2D eigenvalue weighted by Crippen LogP contribution is 2.44. The van der Waals surface area contributed by atoms with Crippen LogP contribution >= 0.6 is 0 Å². The third kappa shape index (κ3) is 3.31. The van der Waals surface area contributed by atoms with E-state index in [4.69, 9.17) is 0 Å². The van der Waals surface area contributed by atoms with Crippen molar-refractivity contribution in [3.05, 3.63) is 65.7 Å². The molecule has 0 N–H and O–H groups in total.